The van der Waals surface area contributed by atoms with E-state index in [1.807, 2.05) is 30.3 Å². The van der Waals surface area contributed by atoms with Crippen molar-refractivity contribution in [1.29, 1.82) is 0 Å². The highest BCUT2D eigenvalue weighted by Gasteiger charge is 2.26. The van der Waals surface area contributed by atoms with Gasteiger partial charge in [0.15, 0.2) is 0 Å². The molecule has 2 amide bonds. The summed E-state index contributed by atoms with van der Waals surface area (Å²) in [6, 6.07) is 12.4. The Bertz CT molecular complexity index is 772. The maximum Gasteiger partial charge on any atom is 0.256 e. The van der Waals surface area contributed by atoms with Gasteiger partial charge in [0.05, 0.1) is 12.0 Å². The van der Waals surface area contributed by atoms with Crippen molar-refractivity contribution in [3.05, 3.63) is 71.3 Å². The third-order valence-corrected chi connectivity index (χ3v) is 4.28. The van der Waals surface area contributed by atoms with Crippen molar-refractivity contribution in [1.82, 2.24) is 9.80 Å². The molecule has 4 nitrogen and oxygen atoms in total. The predicted octanol–water partition coefficient (Wildman–Crippen LogP) is 2.49. The van der Waals surface area contributed by atoms with Crippen LogP contribution in [0.3, 0.4) is 0 Å². The van der Waals surface area contributed by atoms with Gasteiger partial charge in [0.25, 0.3) is 5.91 Å². The Balaban J connectivity index is 1.58. The van der Waals surface area contributed by atoms with Gasteiger partial charge in [0.2, 0.25) is 5.91 Å². The summed E-state index contributed by atoms with van der Waals surface area (Å²) in [5.74, 6) is -2.06. The minimum Gasteiger partial charge on any atom is -0.339 e. The van der Waals surface area contributed by atoms with Crippen LogP contribution in [0.25, 0.3) is 0 Å². The van der Waals surface area contributed by atoms with Gasteiger partial charge < -0.3 is 9.80 Å². The minimum atomic E-state index is -0.868. The van der Waals surface area contributed by atoms with Gasteiger partial charge in [-0.1, -0.05) is 30.3 Å². The van der Waals surface area contributed by atoms with Crippen LogP contribution in [-0.2, 0) is 11.2 Å². The molecule has 0 atom stereocenters. The van der Waals surface area contributed by atoms with Crippen LogP contribution in [0.15, 0.2) is 48.5 Å². The molecule has 2 aromatic rings. The van der Waals surface area contributed by atoms with Crippen molar-refractivity contribution in [2.45, 2.75) is 6.42 Å². The maximum atomic E-state index is 13.8. The van der Waals surface area contributed by atoms with E-state index in [9.17, 15) is 18.4 Å². The number of rotatable bonds is 3. The highest BCUT2D eigenvalue weighted by molar-refractivity contribution is 5.94. The van der Waals surface area contributed by atoms with Crippen molar-refractivity contribution >= 4 is 11.8 Å². The SMILES string of the molecule is O=C(Cc1ccccc1)N1CCN(C(=O)c2ccc(F)cc2F)CC1. The zero-order valence-electron chi connectivity index (χ0n) is 13.6. The van der Waals surface area contributed by atoms with Gasteiger partial charge in [0, 0.05) is 32.2 Å². The van der Waals surface area contributed by atoms with Gasteiger partial charge in [-0.05, 0) is 17.7 Å². The third-order valence-electron chi connectivity index (χ3n) is 4.28. The molecule has 25 heavy (non-hydrogen) atoms. The Labute approximate surface area is 144 Å². The normalized spacial score (nSPS) is 14.5. The van der Waals surface area contributed by atoms with Crippen molar-refractivity contribution in [3.8, 4) is 0 Å². The largest absolute Gasteiger partial charge is 0.339 e. The van der Waals surface area contributed by atoms with Crippen LogP contribution in [-0.4, -0.2) is 47.8 Å². The number of carbonyl (C=O) groups excluding carboxylic acids is 2. The Morgan fingerprint density at radius 2 is 1.52 bits per heavy atom. The molecule has 0 bridgehead atoms. The summed E-state index contributed by atoms with van der Waals surface area (Å²) in [6.07, 6.45) is 0.321. The molecule has 1 heterocycles. The van der Waals surface area contributed by atoms with Gasteiger partial charge in [-0.15, -0.1) is 0 Å². The minimum absolute atomic E-state index is 0.00580. The molecule has 130 valence electrons. The highest BCUT2D eigenvalue weighted by atomic mass is 19.1. The standard InChI is InChI=1S/C19H18F2N2O2/c20-15-6-7-16(17(21)13-15)19(25)23-10-8-22(9-11-23)18(24)12-14-4-2-1-3-5-14/h1-7,13H,8-12H2. The molecule has 0 N–H and O–H groups in total. The van der Waals surface area contributed by atoms with E-state index in [0.29, 0.717) is 38.7 Å². The fourth-order valence-electron chi connectivity index (χ4n) is 2.87. The lowest BCUT2D eigenvalue weighted by Gasteiger charge is -2.35. The maximum absolute atomic E-state index is 13.8. The molecule has 1 fully saturated rings. The van der Waals surface area contributed by atoms with E-state index in [2.05, 4.69) is 0 Å². The van der Waals surface area contributed by atoms with Crippen molar-refractivity contribution in [2.75, 3.05) is 26.2 Å². The van der Waals surface area contributed by atoms with E-state index in [1.165, 1.54) is 4.90 Å². The molecule has 1 saturated heterocycles. The van der Waals surface area contributed by atoms with Crippen LogP contribution in [0.1, 0.15) is 15.9 Å². The van der Waals surface area contributed by atoms with Gasteiger partial charge in [-0.2, -0.15) is 0 Å². The Morgan fingerprint density at radius 3 is 2.16 bits per heavy atom. The number of amides is 2. The summed E-state index contributed by atoms with van der Waals surface area (Å²) in [6.45, 7) is 1.47. The molecule has 0 saturated carbocycles. The molecule has 3 rings (SSSR count). The molecule has 1 aliphatic rings. The number of hydrogen-bond donors (Lipinski definition) is 0. The molecule has 0 aromatic heterocycles. The number of benzene rings is 2. The first-order chi connectivity index (χ1) is 12.0. The summed E-state index contributed by atoms with van der Waals surface area (Å²) >= 11 is 0. The van der Waals surface area contributed by atoms with Gasteiger partial charge in [-0.25, -0.2) is 8.78 Å². The molecule has 0 spiro atoms. The van der Waals surface area contributed by atoms with Crippen LogP contribution in [0, 0.1) is 11.6 Å². The second-order valence-corrected chi connectivity index (χ2v) is 5.96. The quantitative estimate of drug-likeness (QED) is 0.858. The number of carbonyl (C=O) groups is 2. The van der Waals surface area contributed by atoms with Gasteiger partial charge >= 0.3 is 0 Å². The summed E-state index contributed by atoms with van der Waals surface area (Å²) in [5.41, 5.74) is 0.796. The lowest BCUT2D eigenvalue weighted by molar-refractivity contribution is -0.131. The average Bonchev–Trinajstić information content (AvgIpc) is 2.62. The van der Waals surface area contributed by atoms with Crippen LogP contribution >= 0.6 is 0 Å². The van der Waals surface area contributed by atoms with Crippen LogP contribution in [0.4, 0.5) is 8.78 Å². The average molecular weight is 344 g/mol. The van der Waals surface area contributed by atoms with Crippen LogP contribution in [0.5, 0.6) is 0 Å². The van der Waals surface area contributed by atoms with Crippen molar-refractivity contribution in [2.24, 2.45) is 0 Å². The molecule has 1 aliphatic heterocycles. The first kappa shape index (κ1) is 17.1. The molecule has 2 aromatic carbocycles. The second-order valence-electron chi connectivity index (χ2n) is 5.96. The number of hydrogen-bond acceptors (Lipinski definition) is 2. The highest BCUT2D eigenvalue weighted by Crippen LogP contribution is 2.14. The third kappa shape index (κ3) is 4.02. The van der Waals surface area contributed by atoms with E-state index in [1.54, 1.807) is 4.90 Å². The Hall–Kier alpha value is -2.76. The summed E-state index contributed by atoms with van der Waals surface area (Å²) in [4.78, 5) is 27.9. The monoisotopic (exact) mass is 344 g/mol. The van der Waals surface area contributed by atoms with E-state index in [-0.39, 0.29) is 11.5 Å². The molecule has 0 aliphatic carbocycles. The van der Waals surface area contributed by atoms with E-state index in [0.717, 1.165) is 17.7 Å². The lowest BCUT2D eigenvalue weighted by atomic mass is 10.1. The Morgan fingerprint density at radius 1 is 0.880 bits per heavy atom. The first-order valence-corrected chi connectivity index (χ1v) is 8.10. The zero-order chi connectivity index (χ0) is 17.8. The molecular weight excluding hydrogens is 326 g/mol. The number of nitrogens with zero attached hydrogens (tertiary/aromatic N) is 2. The van der Waals surface area contributed by atoms with Crippen molar-refractivity contribution < 1.29 is 18.4 Å². The predicted molar refractivity (Wildman–Crippen MR) is 89.0 cm³/mol. The smallest absolute Gasteiger partial charge is 0.256 e. The second kappa shape index (κ2) is 7.42. The van der Waals surface area contributed by atoms with E-state index < -0.39 is 17.5 Å². The first-order valence-electron chi connectivity index (χ1n) is 8.10. The molecule has 6 heteroatoms. The molecule has 0 unspecified atom stereocenters. The van der Waals surface area contributed by atoms with E-state index >= 15 is 0 Å². The van der Waals surface area contributed by atoms with E-state index in [4.69, 9.17) is 0 Å². The summed E-state index contributed by atoms with van der Waals surface area (Å²) < 4.78 is 26.7. The van der Waals surface area contributed by atoms with Crippen LogP contribution < -0.4 is 0 Å². The fourth-order valence-corrected chi connectivity index (χ4v) is 2.87. The molecular formula is C19H18F2N2O2. The fraction of sp³-hybridized carbons (Fsp3) is 0.263. The summed E-state index contributed by atoms with van der Waals surface area (Å²) in [5, 5.41) is 0. The van der Waals surface area contributed by atoms with Crippen LogP contribution in [0.2, 0.25) is 0 Å². The lowest BCUT2D eigenvalue weighted by Crippen LogP contribution is -2.51. The number of halogens is 2. The Kier molecular flexibility index (Phi) is 5.07. The summed E-state index contributed by atoms with van der Waals surface area (Å²) in [7, 11) is 0. The van der Waals surface area contributed by atoms with Gasteiger partial charge in [0.1, 0.15) is 11.6 Å². The topological polar surface area (TPSA) is 40.6 Å². The number of piperazine rings is 1. The van der Waals surface area contributed by atoms with Crippen molar-refractivity contribution in [3.63, 3.8) is 0 Å². The van der Waals surface area contributed by atoms with Gasteiger partial charge in [-0.3, -0.25) is 9.59 Å². The zero-order valence-corrected chi connectivity index (χ0v) is 13.6. The molecule has 0 radical (unpaired) electrons.